The fraction of sp³-hybridized carbons (Fsp3) is 0.238. The lowest BCUT2D eigenvalue weighted by Gasteiger charge is -2.29. The summed E-state index contributed by atoms with van der Waals surface area (Å²) in [6, 6.07) is 10.2. The van der Waals surface area contributed by atoms with Crippen LogP contribution >= 0.6 is 34.5 Å². The van der Waals surface area contributed by atoms with Crippen LogP contribution in [0.4, 0.5) is 14.9 Å². The van der Waals surface area contributed by atoms with Gasteiger partial charge in [0.2, 0.25) is 0 Å². The quantitative estimate of drug-likeness (QED) is 0.470. The zero-order valence-electron chi connectivity index (χ0n) is 16.1. The van der Waals surface area contributed by atoms with Gasteiger partial charge in [0.15, 0.2) is 0 Å². The van der Waals surface area contributed by atoms with Crippen LogP contribution in [0.15, 0.2) is 41.8 Å². The molecule has 0 unspecified atom stereocenters. The largest absolute Gasteiger partial charge is 0.452 e. The molecule has 30 heavy (non-hydrogen) atoms. The molecule has 4 rings (SSSR count). The van der Waals surface area contributed by atoms with Gasteiger partial charge in [-0.15, -0.1) is 11.3 Å². The van der Waals surface area contributed by atoms with E-state index in [1.54, 1.807) is 23.2 Å². The van der Waals surface area contributed by atoms with Gasteiger partial charge in [0.05, 0.1) is 23.5 Å². The van der Waals surface area contributed by atoms with Gasteiger partial charge in [0, 0.05) is 41.0 Å². The molecule has 1 aromatic heterocycles. The highest BCUT2D eigenvalue weighted by Gasteiger charge is 2.29. The summed E-state index contributed by atoms with van der Waals surface area (Å²) in [5, 5.41) is 6.95. The molecule has 9 heteroatoms. The number of hydrogen-bond donors (Lipinski definition) is 0. The molecule has 1 aliphatic heterocycles. The molecule has 2 aromatic carbocycles. The fourth-order valence-electron chi connectivity index (χ4n) is 3.40. The minimum absolute atomic E-state index is 0.310. The van der Waals surface area contributed by atoms with E-state index in [0.29, 0.717) is 40.8 Å². The van der Waals surface area contributed by atoms with Gasteiger partial charge in [-0.3, -0.25) is 5.01 Å². The number of thiazole rings is 1. The Hall–Kier alpha value is -2.35. The second-order valence-corrected chi connectivity index (χ2v) is 8.43. The monoisotopic (exact) mass is 465 g/mol. The lowest BCUT2D eigenvalue weighted by atomic mass is 10.1. The highest BCUT2D eigenvalue weighted by Crippen LogP contribution is 2.35. The summed E-state index contributed by atoms with van der Waals surface area (Å²) in [5.41, 5.74) is 2.74. The average Bonchev–Trinajstić information content (AvgIpc) is 3.40. The minimum Gasteiger partial charge on any atom is -0.452 e. The number of halogens is 3. The van der Waals surface area contributed by atoms with Gasteiger partial charge in [-0.25, -0.2) is 19.2 Å². The molecular weight excluding hydrogens is 448 g/mol. The van der Waals surface area contributed by atoms with Gasteiger partial charge >= 0.3 is 6.09 Å². The number of nitrogens with zero attached hydrogens (tertiary/aromatic N) is 3. The summed E-state index contributed by atoms with van der Waals surface area (Å²) in [4.78, 5) is 16.7. The van der Waals surface area contributed by atoms with E-state index in [0.717, 1.165) is 22.7 Å². The van der Waals surface area contributed by atoms with Crippen LogP contribution in [0.1, 0.15) is 17.7 Å². The lowest BCUT2D eigenvalue weighted by Crippen LogP contribution is -2.41. The van der Waals surface area contributed by atoms with Gasteiger partial charge in [-0.2, -0.15) is 0 Å². The molecule has 1 saturated heterocycles. The third-order valence-corrected chi connectivity index (χ3v) is 6.47. The minimum atomic E-state index is -0.424. The first-order valence-electron chi connectivity index (χ1n) is 9.28. The second-order valence-electron chi connectivity index (χ2n) is 6.76. The van der Waals surface area contributed by atoms with Crippen molar-refractivity contribution >= 4 is 46.3 Å². The van der Waals surface area contributed by atoms with Gasteiger partial charge < -0.3 is 4.74 Å². The maximum Gasteiger partial charge on any atom is 0.428 e. The number of carbonyl (C=O) groups is 1. The molecule has 1 aliphatic rings. The average molecular weight is 466 g/mol. The Morgan fingerprint density at radius 3 is 2.83 bits per heavy atom. The predicted molar refractivity (Wildman–Crippen MR) is 118 cm³/mol. The number of rotatable bonds is 4. The van der Waals surface area contributed by atoms with Crippen molar-refractivity contribution in [1.29, 1.82) is 0 Å². The summed E-state index contributed by atoms with van der Waals surface area (Å²) in [6.07, 6.45) is 0.706. The number of aromatic nitrogens is 1. The van der Waals surface area contributed by atoms with Crippen LogP contribution < -0.4 is 5.01 Å². The molecule has 0 bridgehead atoms. The Kier molecular flexibility index (Phi) is 6.13. The van der Waals surface area contributed by atoms with E-state index in [9.17, 15) is 9.18 Å². The summed E-state index contributed by atoms with van der Waals surface area (Å²) in [7, 11) is 1.36. The summed E-state index contributed by atoms with van der Waals surface area (Å²) >= 11 is 14.0. The van der Waals surface area contributed by atoms with Crippen molar-refractivity contribution in [3.8, 4) is 10.6 Å². The highest BCUT2D eigenvalue weighted by atomic mass is 35.5. The van der Waals surface area contributed by atoms with E-state index in [2.05, 4.69) is 4.98 Å². The van der Waals surface area contributed by atoms with Gasteiger partial charge in [0.1, 0.15) is 10.8 Å². The van der Waals surface area contributed by atoms with Crippen molar-refractivity contribution < 1.29 is 13.9 Å². The second kappa shape index (κ2) is 8.79. The SMILES string of the molecule is COC(=O)N1CCCN1c1cc(-c2nc(Cc3c(F)cccc3Cl)cs2)ccc1Cl. The summed E-state index contributed by atoms with van der Waals surface area (Å²) in [5.74, 6) is -0.345. The molecule has 0 spiro atoms. The van der Waals surface area contributed by atoms with Crippen LogP contribution in [0.3, 0.4) is 0 Å². The Bertz CT molecular complexity index is 1070. The summed E-state index contributed by atoms with van der Waals surface area (Å²) < 4.78 is 19.0. The van der Waals surface area contributed by atoms with Crippen molar-refractivity contribution in [3.05, 3.63) is 68.9 Å². The first kappa shape index (κ1) is 20.9. The zero-order chi connectivity index (χ0) is 21.3. The first-order chi connectivity index (χ1) is 14.5. The molecule has 5 nitrogen and oxygen atoms in total. The zero-order valence-corrected chi connectivity index (χ0v) is 18.4. The molecule has 2 heterocycles. The standard InChI is InChI=1S/C21H18Cl2FN3O2S/c1-29-21(28)27-9-3-8-26(27)19-10-13(6-7-17(19)23)20-25-14(12-30-20)11-15-16(22)4-2-5-18(15)24/h2,4-7,10,12H,3,8-9,11H2,1H3. The van der Waals surface area contributed by atoms with Crippen LogP contribution in [0.25, 0.3) is 10.6 Å². The van der Waals surface area contributed by atoms with Crippen molar-refractivity contribution in [1.82, 2.24) is 9.99 Å². The maximum atomic E-state index is 14.1. The molecule has 0 atom stereocenters. The molecule has 0 saturated carbocycles. The van der Waals surface area contributed by atoms with E-state index < -0.39 is 6.09 Å². The van der Waals surface area contributed by atoms with E-state index in [1.807, 2.05) is 22.5 Å². The molecule has 1 amide bonds. The molecule has 0 N–H and O–H groups in total. The number of methoxy groups -OCH3 is 1. The first-order valence-corrected chi connectivity index (χ1v) is 10.9. The number of anilines is 1. The fourth-order valence-corrected chi connectivity index (χ4v) is 4.67. The van der Waals surface area contributed by atoms with Gasteiger partial charge in [-0.05, 0) is 30.7 Å². The number of benzene rings is 2. The molecule has 0 aliphatic carbocycles. The van der Waals surface area contributed by atoms with E-state index in [1.165, 1.54) is 24.5 Å². The van der Waals surface area contributed by atoms with Crippen LogP contribution in [-0.2, 0) is 11.2 Å². The topological polar surface area (TPSA) is 45.7 Å². The van der Waals surface area contributed by atoms with E-state index >= 15 is 0 Å². The van der Waals surface area contributed by atoms with Gasteiger partial charge in [-0.1, -0.05) is 35.3 Å². The summed E-state index contributed by atoms with van der Waals surface area (Å²) in [6.45, 7) is 1.23. The Morgan fingerprint density at radius 2 is 2.07 bits per heavy atom. The van der Waals surface area contributed by atoms with Crippen LogP contribution in [0, 0.1) is 5.82 Å². The Balaban J connectivity index is 1.62. The lowest BCUT2D eigenvalue weighted by molar-refractivity contribution is 0.129. The van der Waals surface area contributed by atoms with Crippen LogP contribution in [0.2, 0.25) is 10.0 Å². The molecule has 3 aromatic rings. The highest BCUT2D eigenvalue weighted by molar-refractivity contribution is 7.13. The Labute approximate surface area is 187 Å². The Morgan fingerprint density at radius 1 is 1.23 bits per heavy atom. The molecule has 156 valence electrons. The van der Waals surface area contributed by atoms with Crippen molar-refractivity contribution in [2.75, 3.05) is 25.2 Å². The van der Waals surface area contributed by atoms with E-state index in [4.69, 9.17) is 27.9 Å². The van der Waals surface area contributed by atoms with Gasteiger partial charge in [0.25, 0.3) is 0 Å². The molecule has 1 fully saturated rings. The number of hydrazine groups is 1. The van der Waals surface area contributed by atoms with Crippen molar-refractivity contribution in [2.45, 2.75) is 12.8 Å². The van der Waals surface area contributed by atoms with Crippen molar-refractivity contribution in [3.63, 3.8) is 0 Å². The van der Waals surface area contributed by atoms with Crippen molar-refractivity contribution in [2.24, 2.45) is 0 Å². The van der Waals surface area contributed by atoms with Crippen LogP contribution in [-0.4, -0.2) is 36.3 Å². The molecule has 0 radical (unpaired) electrons. The number of amides is 1. The van der Waals surface area contributed by atoms with Crippen LogP contribution in [0.5, 0.6) is 0 Å². The number of carbonyl (C=O) groups excluding carboxylic acids is 1. The number of hydrogen-bond acceptors (Lipinski definition) is 5. The maximum absolute atomic E-state index is 14.1. The third kappa shape index (κ3) is 4.10. The van der Waals surface area contributed by atoms with E-state index in [-0.39, 0.29) is 5.82 Å². The smallest absolute Gasteiger partial charge is 0.428 e. The third-order valence-electron chi connectivity index (χ3n) is 4.86. The predicted octanol–water partition coefficient (Wildman–Crippen LogP) is 6.04. The normalized spacial score (nSPS) is 13.7. The molecular formula is C21H18Cl2FN3O2S. The number of ether oxygens (including phenoxy) is 1.